The molecule has 3 heteroatoms. The van der Waals surface area contributed by atoms with Crippen molar-refractivity contribution in [2.24, 2.45) is 0 Å². The van der Waals surface area contributed by atoms with Crippen LogP contribution < -0.4 is 4.74 Å². The highest BCUT2D eigenvalue weighted by Gasteiger charge is 1.97. The first-order valence-corrected chi connectivity index (χ1v) is 6.21. The minimum absolute atomic E-state index is 0.0764. The van der Waals surface area contributed by atoms with Crippen molar-refractivity contribution < 1.29 is 14.6 Å². The van der Waals surface area contributed by atoms with Crippen molar-refractivity contribution in [3.8, 4) is 5.75 Å². The second-order valence-electron chi connectivity index (χ2n) is 4.32. The summed E-state index contributed by atoms with van der Waals surface area (Å²) in [5.74, 6) is 0.850. The number of hydrogen-bond acceptors (Lipinski definition) is 3. The first-order chi connectivity index (χ1) is 9.31. The van der Waals surface area contributed by atoms with Crippen molar-refractivity contribution in [3.63, 3.8) is 0 Å². The summed E-state index contributed by atoms with van der Waals surface area (Å²) in [7, 11) is 1.65. The average Bonchev–Trinajstić information content (AvgIpc) is 2.49. The molecule has 0 aliphatic carbocycles. The third kappa shape index (κ3) is 4.09. The van der Waals surface area contributed by atoms with Gasteiger partial charge >= 0.3 is 0 Å². The molecule has 0 amide bonds. The molecule has 0 aliphatic rings. The van der Waals surface area contributed by atoms with Crippen LogP contribution in [0.2, 0.25) is 0 Å². The van der Waals surface area contributed by atoms with Crippen LogP contribution in [0.15, 0.2) is 48.5 Å². The number of rotatable bonds is 6. The fourth-order valence-electron chi connectivity index (χ4n) is 1.75. The number of aliphatic hydroxyl groups excluding tert-OH is 1. The molecule has 0 heterocycles. The quantitative estimate of drug-likeness (QED) is 0.866. The zero-order chi connectivity index (χ0) is 13.5. The van der Waals surface area contributed by atoms with Crippen molar-refractivity contribution >= 4 is 0 Å². The predicted molar refractivity (Wildman–Crippen MR) is 73.9 cm³/mol. The zero-order valence-electron chi connectivity index (χ0n) is 11.0. The molecule has 0 saturated carbocycles. The van der Waals surface area contributed by atoms with E-state index in [1.165, 1.54) is 0 Å². The van der Waals surface area contributed by atoms with Crippen LogP contribution in [0.4, 0.5) is 0 Å². The van der Waals surface area contributed by atoms with E-state index in [0.29, 0.717) is 13.2 Å². The molecular formula is C16H18O3. The van der Waals surface area contributed by atoms with E-state index in [2.05, 4.69) is 0 Å². The lowest BCUT2D eigenvalue weighted by molar-refractivity contribution is 0.107. The molecule has 0 bridgehead atoms. The zero-order valence-corrected chi connectivity index (χ0v) is 11.0. The molecule has 100 valence electrons. The Bertz CT molecular complexity index is 441. The van der Waals surface area contributed by atoms with Crippen LogP contribution in [0.5, 0.6) is 5.75 Å². The van der Waals surface area contributed by atoms with E-state index in [0.717, 1.165) is 22.4 Å². The van der Waals surface area contributed by atoms with Gasteiger partial charge in [-0.15, -0.1) is 0 Å². The lowest BCUT2D eigenvalue weighted by atomic mass is 10.1. The van der Waals surface area contributed by atoms with Gasteiger partial charge in [0.05, 0.1) is 26.9 Å². The molecule has 2 aromatic rings. The normalized spacial score (nSPS) is 10.4. The molecule has 0 fully saturated rings. The van der Waals surface area contributed by atoms with Crippen molar-refractivity contribution in [1.29, 1.82) is 0 Å². The Morgan fingerprint density at radius 3 is 1.74 bits per heavy atom. The Morgan fingerprint density at radius 2 is 1.26 bits per heavy atom. The van der Waals surface area contributed by atoms with E-state index in [4.69, 9.17) is 14.6 Å². The first kappa shape index (κ1) is 13.6. The second-order valence-corrected chi connectivity index (χ2v) is 4.32. The molecule has 0 saturated heterocycles. The van der Waals surface area contributed by atoms with E-state index in [1.54, 1.807) is 7.11 Å². The average molecular weight is 258 g/mol. The van der Waals surface area contributed by atoms with Gasteiger partial charge in [-0.05, 0) is 28.8 Å². The molecule has 0 unspecified atom stereocenters. The summed E-state index contributed by atoms with van der Waals surface area (Å²) in [6, 6.07) is 15.6. The molecule has 0 aliphatic heterocycles. The molecule has 2 aromatic carbocycles. The van der Waals surface area contributed by atoms with Crippen LogP contribution >= 0.6 is 0 Å². The molecule has 2 rings (SSSR count). The molecule has 0 aromatic heterocycles. The Morgan fingerprint density at radius 1 is 0.789 bits per heavy atom. The summed E-state index contributed by atoms with van der Waals surface area (Å²) in [5.41, 5.74) is 3.14. The SMILES string of the molecule is COc1ccc(COCc2ccc(CO)cc2)cc1. The van der Waals surface area contributed by atoms with Gasteiger partial charge < -0.3 is 14.6 Å². The number of benzene rings is 2. The lowest BCUT2D eigenvalue weighted by Crippen LogP contribution is -1.95. The Balaban J connectivity index is 1.81. The van der Waals surface area contributed by atoms with Crippen LogP contribution in [0.1, 0.15) is 16.7 Å². The van der Waals surface area contributed by atoms with Gasteiger partial charge in [0, 0.05) is 0 Å². The van der Waals surface area contributed by atoms with Gasteiger partial charge in [0.15, 0.2) is 0 Å². The van der Waals surface area contributed by atoms with Crippen molar-refractivity contribution in [2.45, 2.75) is 19.8 Å². The number of ether oxygens (including phenoxy) is 2. The standard InChI is InChI=1S/C16H18O3/c1-18-16-8-6-15(7-9-16)12-19-11-14-4-2-13(10-17)3-5-14/h2-9,17H,10-12H2,1H3. The van der Waals surface area contributed by atoms with Crippen molar-refractivity contribution in [3.05, 3.63) is 65.2 Å². The molecule has 19 heavy (non-hydrogen) atoms. The first-order valence-electron chi connectivity index (χ1n) is 6.21. The predicted octanol–water partition coefficient (Wildman–Crippen LogP) is 2.90. The number of hydrogen-bond donors (Lipinski definition) is 1. The largest absolute Gasteiger partial charge is 0.497 e. The molecule has 1 N–H and O–H groups in total. The summed E-state index contributed by atoms with van der Waals surface area (Å²) >= 11 is 0. The summed E-state index contributed by atoms with van der Waals surface area (Å²) in [6.45, 7) is 1.22. The smallest absolute Gasteiger partial charge is 0.118 e. The molecule has 0 spiro atoms. The van der Waals surface area contributed by atoms with E-state index >= 15 is 0 Å². The summed E-state index contributed by atoms with van der Waals surface area (Å²) in [4.78, 5) is 0. The molecule has 0 atom stereocenters. The van der Waals surface area contributed by atoms with Crippen molar-refractivity contribution in [1.82, 2.24) is 0 Å². The maximum atomic E-state index is 8.95. The monoisotopic (exact) mass is 258 g/mol. The van der Waals surface area contributed by atoms with Gasteiger partial charge in [0.25, 0.3) is 0 Å². The highest BCUT2D eigenvalue weighted by molar-refractivity contribution is 5.26. The van der Waals surface area contributed by atoms with Crippen LogP contribution in [-0.4, -0.2) is 12.2 Å². The fraction of sp³-hybridized carbons (Fsp3) is 0.250. The Hall–Kier alpha value is -1.84. The summed E-state index contributed by atoms with van der Waals surface area (Å²) in [6.07, 6.45) is 0. The fourth-order valence-corrected chi connectivity index (χ4v) is 1.75. The van der Waals surface area contributed by atoms with Crippen LogP contribution in [0.25, 0.3) is 0 Å². The van der Waals surface area contributed by atoms with Crippen molar-refractivity contribution in [2.75, 3.05) is 7.11 Å². The summed E-state index contributed by atoms with van der Waals surface area (Å²) < 4.78 is 10.8. The third-order valence-corrected chi connectivity index (χ3v) is 2.90. The number of methoxy groups -OCH3 is 1. The number of aliphatic hydroxyl groups is 1. The molecule has 0 radical (unpaired) electrons. The molecule has 3 nitrogen and oxygen atoms in total. The van der Waals surface area contributed by atoms with Gasteiger partial charge in [-0.1, -0.05) is 36.4 Å². The van der Waals surface area contributed by atoms with E-state index in [-0.39, 0.29) is 6.61 Å². The van der Waals surface area contributed by atoms with Crippen LogP contribution in [0, 0.1) is 0 Å². The minimum atomic E-state index is 0.0764. The van der Waals surface area contributed by atoms with Gasteiger partial charge in [0.2, 0.25) is 0 Å². The van der Waals surface area contributed by atoms with Gasteiger partial charge in [0.1, 0.15) is 5.75 Å². The lowest BCUT2D eigenvalue weighted by Gasteiger charge is -2.06. The van der Waals surface area contributed by atoms with E-state index in [9.17, 15) is 0 Å². The minimum Gasteiger partial charge on any atom is -0.497 e. The maximum Gasteiger partial charge on any atom is 0.118 e. The van der Waals surface area contributed by atoms with E-state index in [1.807, 2.05) is 48.5 Å². The maximum absolute atomic E-state index is 8.95. The Kier molecular flexibility index (Phi) is 4.95. The third-order valence-electron chi connectivity index (χ3n) is 2.90. The topological polar surface area (TPSA) is 38.7 Å². The molecular weight excluding hydrogens is 240 g/mol. The van der Waals surface area contributed by atoms with Crippen LogP contribution in [0.3, 0.4) is 0 Å². The highest BCUT2D eigenvalue weighted by atomic mass is 16.5. The van der Waals surface area contributed by atoms with Gasteiger partial charge in [-0.3, -0.25) is 0 Å². The Labute approximate surface area is 113 Å². The summed E-state index contributed by atoms with van der Waals surface area (Å²) in [5, 5.41) is 8.95. The van der Waals surface area contributed by atoms with Gasteiger partial charge in [-0.2, -0.15) is 0 Å². The highest BCUT2D eigenvalue weighted by Crippen LogP contribution is 2.13. The van der Waals surface area contributed by atoms with Crippen LogP contribution in [-0.2, 0) is 24.6 Å². The van der Waals surface area contributed by atoms with Gasteiger partial charge in [-0.25, -0.2) is 0 Å². The van der Waals surface area contributed by atoms with E-state index < -0.39 is 0 Å². The second kappa shape index (κ2) is 6.92.